The highest BCUT2D eigenvalue weighted by Crippen LogP contribution is 2.17. The number of carbonyl (C=O) groups is 1. The molecular formula is C18H21NO. The summed E-state index contributed by atoms with van der Waals surface area (Å²) in [5, 5.41) is 2.94. The van der Waals surface area contributed by atoms with E-state index in [4.69, 9.17) is 0 Å². The molecule has 2 aromatic rings. The second-order valence-corrected chi connectivity index (χ2v) is 5.53. The van der Waals surface area contributed by atoms with Crippen LogP contribution in [0, 0.1) is 13.8 Å². The Morgan fingerprint density at radius 3 is 2.15 bits per heavy atom. The minimum absolute atomic E-state index is 0.0661. The lowest BCUT2D eigenvalue weighted by molar-refractivity contribution is 0.102. The second kappa shape index (κ2) is 5.91. The van der Waals surface area contributed by atoms with Gasteiger partial charge in [0.25, 0.3) is 5.91 Å². The topological polar surface area (TPSA) is 29.1 Å². The molecule has 0 aliphatic heterocycles. The second-order valence-electron chi connectivity index (χ2n) is 5.53. The first-order valence-electron chi connectivity index (χ1n) is 6.96. The molecule has 2 rings (SSSR count). The molecule has 0 saturated carbocycles. The summed E-state index contributed by atoms with van der Waals surface area (Å²) in [5.74, 6) is 0.412. The van der Waals surface area contributed by atoms with Crippen molar-refractivity contribution in [3.63, 3.8) is 0 Å². The van der Waals surface area contributed by atoms with E-state index in [0.29, 0.717) is 11.5 Å². The summed E-state index contributed by atoms with van der Waals surface area (Å²) in [6.07, 6.45) is 0. The van der Waals surface area contributed by atoms with E-state index in [-0.39, 0.29) is 5.91 Å². The summed E-state index contributed by atoms with van der Waals surface area (Å²) in [6, 6.07) is 13.7. The van der Waals surface area contributed by atoms with Gasteiger partial charge in [0.05, 0.1) is 0 Å². The van der Waals surface area contributed by atoms with Crippen LogP contribution in [0.4, 0.5) is 5.69 Å². The van der Waals surface area contributed by atoms with E-state index < -0.39 is 0 Å². The van der Waals surface area contributed by atoms with Crippen LogP contribution < -0.4 is 5.32 Å². The van der Waals surface area contributed by atoms with Gasteiger partial charge in [-0.3, -0.25) is 4.79 Å². The zero-order valence-electron chi connectivity index (χ0n) is 12.5. The number of nitrogens with one attached hydrogen (secondary N) is 1. The van der Waals surface area contributed by atoms with Crippen molar-refractivity contribution in [2.24, 2.45) is 0 Å². The van der Waals surface area contributed by atoms with Gasteiger partial charge in [0.15, 0.2) is 0 Å². The summed E-state index contributed by atoms with van der Waals surface area (Å²) in [6.45, 7) is 8.39. The van der Waals surface area contributed by atoms with Gasteiger partial charge < -0.3 is 5.32 Å². The zero-order chi connectivity index (χ0) is 14.7. The molecule has 0 radical (unpaired) electrons. The van der Waals surface area contributed by atoms with Gasteiger partial charge in [-0.1, -0.05) is 32.0 Å². The predicted octanol–water partition coefficient (Wildman–Crippen LogP) is 4.68. The van der Waals surface area contributed by atoms with E-state index >= 15 is 0 Å². The molecule has 0 bridgehead atoms. The van der Waals surface area contributed by atoms with Crippen molar-refractivity contribution in [3.8, 4) is 0 Å². The van der Waals surface area contributed by atoms with E-state index in [1.165, 1.54) is 16.7 Å². The van der Waals surface area contributed by atoms with Crippen molar-refractivity contribution in [3.05, 3.63) is 64.7 Å². The first kappa shape index (κ1) is 14.3. The van der Waals surface area contributed by atoms with Crippen molar-refractivity contribution in [1.82, 2.24) is 0 Å². The van der Waals surface area contributed by atoms with Gasteiger partial charge in [0, 0.05) is 11.3 Å². The Kier molecular flexibility index (Phi) is 4.23. The van der Waals surface area contributed by atoms with Crippen LogP contribution in [0.2, 0.25) is 0 Å². The third-order valence-corrected chi connectivity index (χ3v) is 3.60. The monoisotopic (exact) mass is 267 g/mol. The molecule has 0 spiro atoms. The van der Waals surface area contributed by atoms with E-state index in [9.17, 15) is 4.79 Å². The first-order valence-corrected chi connectivity index (χ1v) is 6.96. The van der Waals surface area contributed by atoms with Gasteiger partial charge in [0.1, 0.15) is 0 Å². The highest BCUT2D eigenvalue weighted by molar-refractivity contribution is 6.04. The van der Waals surface area contributed by atoms with Crippen LogP contribution >= 0.6 is 0 Å². The fourth-order valence-corrected chi connectivity index (χ4v) is 2.04. The highest BCUT2D eigenvalue weighted by atomic mass is 16.1. The molecule has 1 N–H and O–H groups in total. The smallest absolute Gasteiger partial charge is 0.255 e. The van der Waals surface area contributed by atoms with Crippen LogP contribution in [0.3, 0.4) is 0 Å². The Bertz CT molecular complexity index is 612. The van der Waals surface area contributed by atoms with Crippen LogP contribution in [0.1, 0.15) is 46.8 Å². The molecule has 1 amide bonds. The summed E-state index contributed by atoms with van der Waals surface area (Å²) in [5.41, 5.74) is 5.17. The highest BCUT2D eigenvalue weighted by Gasteiger charge is 2.07. The Labute approximate surface area is 120 Å². The van der Waals surface area contributed by atoms with Gasteiger partial charge in [-0.05, 0) is 60.7 Å². The summed E-state index contributed by atoms with van der Waals surface area (Å²) in [4.78, 5) is 12.2. The van der Waals surface area contributed by atoms with Crippen LogP contribution in [0.15, 0.2) is 42.5 Å². The third kappa shape index (κ3) is 3.27. The summed E-state index contributed by atoms with van der Waals surface area (Å²) >= 11 is 0. The molecule has 0 unspecified atom stereocenters. The number of anilines is 1. The molecule has 0 aliphatic rings. The van der Waals surface area contributed by atoms with Crippen molar-refractivity contribution in [1.29, 1.82) is 0 Å². The van der Waals surface area contributed by atoms with Gasteiger partial charge in [-0.25, -0.2) is 0 Å². The van der Waals surface area contributed by atoms with Crippen molar-refractivity contribution in [2.45, 2.75) is 33.6 Å². The molecule has 0 atom stereocenters. The Morgan fingerprint density at radius 1 is 0.950 bits per heavy atom. The maximum absolute atomic E-state index is 12.2. The van der Waals surface area contributed by atoms with E-state index in [0.717, 1.165) is 5.69 Å². The normalized spacial score (nSPS) is 10.7. The van der Waals surface area contributed by atoms with Crippen LogP contribution in [0.25, 0.3) is 0 Å². The van der Waals surface area contributed by atoms with Crippen molar-refractivity contribution in [2.75, 3.05) is 5.32 Å². The average molecular weight is 267 g/mol. The Morgan fingerprint density at radius 2 is 1.60 bits per heavy atom. The molecule has 2 heteroatoms. The summed E-state index contributed by atoms with van der Waals surface area (Å²) < 4.78 is 0. The Balaban J connectivity index is 2.13. The molecule has 2 nitrogen and oxygen atoms in total. The lowest BCUT2D eigenvalue weighted by Crippen LogP contribution is -2.12. The lowest BCUT2D eigenvalue weighted by Gasteiger charge is -2.09. The number of aryl methyl sites for hydroxylation is 2. The molecule has 0 aliphatic carbocycles. The largest absolute Gasteiger partial charge is 0.322 e. The first-order chi connectivity index (χ1) is 9.47. The number of rotatable bonds is 3. The molecule has 0 heterocycles. The predicted molar refractivity (Wildman–Crippen MR) is 84.4 cm³/mol. The molecular weight excluding hydrogens is 246 g/mol. The number of amides is 1. The Hall–Kier alpha value is -2.09. The maximum Gasteiger partial charge on any atom is 0.255 e. The van der Waals surface area contributed by atoms with Crippen LogP contribution in [-0.2, 0) is 0 Å². The lowest BCUT2D eigenvalue weighted by atomic mass is 10.0. The molecule has 0 saturated heterocycles. The maximum atomic E-state index is 12.2. The van der Waals surface area contributed by atoms with E-state index in [1.54, 1.807) is 0 Å². The minimum atomic E-state index is -0.0661. The number of hydrogen-bond donors (Lipinski definition) is 1. The zero-order valence-corrected chi connectivity index (χ0v) is 12.5. The van der Waals surface area contributed by atoms with Gasteiger partial charge in [0.2, 0.25) is 0 Å². The molecule has 0 aromatic heterocycles. The minimum Gasteiger partial charge on any atom is -0.322 e. The van der Waals surface area contributed by atoms with Crippen LogP contribution in [0.5, 0.6) is 0 Å². The van der Waals surface area contributed by atoms with E-state index in [2.05, 4.69) is 26.1 Å². The van der Waals surface area contributed by atoms with Gasteiger partial charge in [-0.15, -0.1) is 0 Å². The number of carbonyl (C=O) groups excluding carboxylic acids is 1. The van der Waals surface area contributed by atoms with Gasteiger partial charge >= 0.3 is 0 Å². The van der Waals surface area contributed by atoms with Crippen LogP contribution in [-0.4, -0.2) is 5.91 Å². The molecule has 20 heavy (non-hydrogen) atoms. The standard InChI is InChI=1S/C18H21NO/c1-12(2)15-6-8-16(9-7-15)18(20)19-17-10-5-13(3)14(4)11-17/h5-12H,1-4H3,(H,19,20). The molecule has 2 aromatic carbocycles. The average Bonchev–Trinajstić information content (AvgIpc) is 2.43. The van der Waals surface area contributed by atoms with Crippen molar-refractivity contribution >= 4 is 11.6 Å². The third-order valence-electron chi connectivity index (χ3n) is 3.60. The molecule has 104 valence electrons. The summed E-state index contributed by atoms with van der Waals surface area (Å²) in [7, 11) is 0. The molecule has 0 fully saturated rings. The fourth-order valence-electron chi connectivity index (χ4n) is 2.04. The quantitative estimate of drug-likeness (QED) is 0.859. The van der Waals surface area contributed by atoms with E-state index in [1.807, 2.05) is 49.4 Å². The number of benzene rings is 2. The number of hydrogen-bond acceptors (Lipinski definition) is 1. The van der Waals surface area contributed by atoms with Crippen molar-refractivity contribution < 1.29 is 4.79 Å². The van der Waals surface area contributed by atoms with Gasteiger partial charge in [-0.2, -0.15) is 0 Å². The fraction of sp³-hybridized carbons (Fsp3) is 0.278. The SMILES string of the molecule is Cc1ccc(NC(=O)c2ccc(C(C)C)cc2)cc1C.